The fourth-order valence-corrected chi connectivity index (χ4v) is 3.26. The SMILES string of the molecule is CC1CCN(CC2CCCCCCN2)CC1C. The molecule has 3 atom stereocenters. The van der Waals surface area contributed by atoms with Crippen LogP contribution in [0.1, 0.15) is 52.4 Å². The maximum absolute atomic E-state index is 3.75. The second-order valence-corrected chi connectivity index (χ2v) is 6.36. The average molecular weight is 238 g/mol. The lowest BCUT2D eigenvalue weighted by Crippen LogP contribution is -2.46. The summed E-state index contributed by atoms with van der Waals surface area (Å²) in [5.41, 5.74) is 0. The van der Waals surface area contributed by atoms with E-state index in [1.54, 1.807) is 0 Å². The van der Waals surface area contributed by atoms with Crippen LogP contribution in [0.4, 0.5) is 0 Å². The van der Waals surface area contributed by atoms with E-state index in [4.69, 9.17) is 0 Å². The Hall–Kier alpha value is -0.0800. The second-order valence-electron chi connectivity index (χ2n) is 6.36. The van der Waals surface area contributed by atoms with Gasteiger partial charge in [0.25, 0.3) is 0 Å². The Balaban J connectivity index is 1.75. The lowest BCUT2D eigenvalue weighted by molar-refractivity contribution is 0.124. The molecule has 17 heavy (non-hydrogen) atoms. The van der Waals surface area contributed by atoms with Crippen molar-refractivity contribution in [1.82, 2.24) is 10.2 Å². The first-order valence-corrected chi connectivity index (χ1v) is 7.71. The summed E-state index contributed by atoms with van der Waals surface area (Å²) >= 11 is 0. The number of hydrogen-bond donors (Lipinski definition) is 1. The van der Waals surface area contributed by atoms with Gasteiger partial charge in [0.05, 0.1) is 0 Å². The Morgan fingerprint density at radius 3 is 2.65 bits per heavy atom. The van der Waals surface area contributed by atoms with Crippen LogP contribution in [0.3, 0.4) is 0 Å². The predicted molar refractivity (Wildman–Crippen MR) is 74.3 cm³/mol. The summed E-state index contributed by atoms with van der Waals surface area (Å²) in [5, 5.41) is 3.75. The summed E-state index contributed by atoms with van der Waals surface area (Å²) in [7, 11) is 0. The van der Waals surface area contributed by atoms with Gasteiger partial charge in [-0.25, -0.2) is 0 Å². The van der Waals surface area contributed by atoms with Crippen LogP contribution in [0.5, 0.6) is 0 Å². The first-order valence-electron chi connectivity index (χ1n) is 7.71. The zero-order chi connectivity index (χ0) is 12.1. The Morgan fingerprint density at radius 1 is 1.00 bits per heavy atom. The summed E-state index contributed by atoms with van der Waals surface area (Å²) < 4.78 is 0. The van der Waals surface area contributed by atoms with E-state index in [1.807, 2.05) is 0 Å². The first-order chi connectivity index (χ1) is 8.25. The normalized spacial score (nSPS) is 37.4. The van der Waals surface area contributed by atoms with Crippen molar-refractivity contribution < 1.29 is 0 Å². The van der Waals surface area contributed by atoms with Crippen LogP contribution < -0.4 is 5.32 Å². The van der Waals surface area contributed by atoms with Crippen LogP contribution in [0.25, 0.3) is 0 Å². The molecule has 0 spiro atoms. The van der Waals surface area contributed by atoms with Crippen LogP contribution >= 0.6 is 0 Å². The van der Waals surface area contributed by atoms with Gasteiger partial charge in [-0.05, 0) is 44.2 Å². The molecular formula is C15H30N2. The molecule has 0 saturated carbocycles. The van der Waals surface area contributed by atoms with E-state index in [1.165, 1.54) is 64.7 Å². The van der Waals surface area contributed by atoms with E-state index in [0.717, 1.165) is 17.9 Å². The molecule has 3 unspecified atom stereocenters. The van der Waals surface area contributed by atoms with Crippen molar-refractivity contribution in [1.29, 1.82) is 0 Å². The fraction of sp³-hybridized carbons (Fsp3) is 1.00. The number of likely N-dealkylation sites (tertiary alicyclic amines) is 1. The van der Waals surface area contributed by atoms with E-state index >= 15 is 0 Å². The number of rotatable bonds is 2. The van der Waals surface area contributed by atoms with Crippen LogP contribution in [-0.2, 0) is 0 Å². The van der Waals surface area contributed by atoms with Crippen molar-refractivity contribution in [2.75, 3.05) is 26.2 Å². The molecule has 0 aromatic carbocycles. The summed E-state index contributed by atoms with van der Waals surface area (Å²) in [6.45, 7) is 10.0. The molecule has 0 radical (unpaired) electrons. The largest absolute Gasteiger partial charge is 0.313 e. The topological polar surface area (TPSA) is 15.3 Å². The Labute approximate surface area is 107 Å². The van der Waals surface area contributed by atoms with Crippen molar-refractivity contribution >= 4 is 0 Å². The Morgan fingerprint density at radius 2 is 1.82 bits per heavy atom. The molecule has 2 fully saturated rings. The zero-order valence-corrected chi connectivity index (χ0v) is 11.8. The molecule has 0 amide bonds. The standard InChI is InChI=1S/C15H30N2/c1-13-8-10-17(11-14(13)2)12-15-7-5-3-4-6-9-16-15/h13-16H,3-12H2,1-2H3. The van der Waals surface area contributed by atoms with Crippen molar-refractivity contribution in [3.05, 3.63) is 0 Å². The lowest BCUT2D eigenvalue weighted by Gasteiger charge is -2.37. The molecular weight excluding hydrogens is 208 g/mol. The zero-order valence-electron chi connectivity index (χ0n) is 11.8. The van der Waals surface area contributed by atoms with Gasteiger partial charge in [-0.3, -0.25) is 0 Å². The summed E-state index contributed by atoms with van der Waals surface area (Å²) in [5.74, 6) is 1.81. The monoisotopic (exact) mass is 238 g/mol. The second kappa shape index (κ2) is 6.75. The third-order valence-corrected chi connectivity index (χ3v) is 4.81. The van der Waals surface area contributed by atoms with Gasteiger partial charge in [-0.2, -0.15) is 0 Å². The van der Waals surface area contributed by atoms with E-state index in [2.05, 4.69) is 24.1 Å². The van der Waals surface area contributed by atoms with Crippen LogP contribution in [0, 0.1) is 11.8 Å². The summed E-state index contributed by atoms with van der Waals surface area (Å²) in [4.78, 5) is 2.70. The predicted octanol–water partition coefficient (Wildman–Crippen LogP) is 2.89. The van der Waals surface area contributed by atoms with E-state index < -0.39 is 0 Å². The molecule has 2 aliphatic rings. The van der Waals surface area contributed by atoms with Gasteiger partial charge in [0, 0.05) is 19.1 Å². The highest BCUT2D eigenvalue weighted by molar-refractivity contribution is 4.80. The van der Waals surface area contributed by atoms with E-state index in [0.29, 0.717) is 0 Å². The number of piperidine rings is 1. The van der Waals surface area contributed by atoms with Crippen LogP contribution in [0.15, 0.2) is 0 Å². The molecule has 2 rings (SSSR count). The maximum Gasteiger partial charge on any atom is 0.0195 e. The van der Waals surface area contributed by atoms with Crippen LogP contribution in [0.2, 0.25) is 0 Å². The molecule has 100 valence electrons. The molecule has 0 bridgehead atoms. The third kappa shape index (κ3) is 4.26. The van der Waals surface area contributed by atoms with Gasteiger partial charge in [-0.15, -0.1) is 0 Å². The Bertz CT molecular complexity index is 206. The third-order valence-electron chi connectivity index (χ3n) is 4.81. The molecule has 2 heteroatoms. The average Bonchev–Trinajstić information content (AvgIpc) is 2.27. The van der Waals surface area contributed by atoms with Gasteiger partial charge < -0.3 is 10.2 Å². The van der Waals surface area contributed by atoms with Crippen molar-refractivity contribution in [2.45, 2.75) is 58.4 Å². The molecule has 1 N–H and O–H groups in total. The van der Waals surface area contributed by atoms with Gasteiger partial charge in [-0.1, -0.05) is 33.1 Å². The van der Waals surface area contributed by atoms with Crippen LogP contribution in [-0.4, -0.2) is 37.1 Å². The quantitative estimate of drug-likeness (QED) is 0.796. The van der Waals surface area contributed by atoms with Crippen molar-refractivity contribution in [2.24, 2.45) is 11.8 Å². The van der Waals surface area contributed by atoms with Gasteiger partial charge >= 0.3 is 0 Å². The minimum absolute atomic E-state index is 0.760. The van der Waals surface area contributed by atoms with Crippen molar-refractivity contribution in [3.8, 4) is 0 Å². The van der Waals surface area contributed by atoms with Crippen molar-refractivity contribution in [3.63, 3.8) is 0 Å². The molecule has 0 aliphatic carbocycles. The van der Waals surface area contributed by atoms with E-state index in [9.17, 15) is 0 Å². The first kappa shape index (κ1) is 13.4. The Kier molecular flexibility index (Phi) is 5.30. The number of hydrogen-bond acceptors (Lipinski definition) is 2. The maximum atomic E-state index is 3.75. The molecule has 2 nitrogen and oxygen atoms in total. The molecule has 0 aromatic heterocycles. The molecule has 2 aliphatic heterocycles. The fourth-order valence-electron chi connectivity index (χ4n) is 3.26. The molecule has 2 saturated heterocycles. The van der Waals surface area contributed by atoms with Gasteiger partial charge in [0.2, 0.25) is 0 Å². The highest BCUT2D eigenvalue weighted by atomic mass is 15.2. The van der Waals surface area contributed by atoms with Gasteiger partial charge in [0.1, 0.15) is 0 Å². The van der Waals surface area contributed by atoms with Gasteiger partial charge in [0.15, 0.2) is 0 Å². The molecule has 0 aromatic rings. The highest BCUT2D eigenvalue weighted by Gasteiger charge is 2.24. The molecule has 2 heterocycles. The van der Waals surface area contributed by atoms with E-state index in [-0.39, 0.29) is 0 Å². The smallest absolute Gasteiger partial charge is 0.0195 e. The number of nitrogens with zero attached hydrogens (tertiary/aromatic N) is 1. The lowest BCUT2D eigenvalue weighted by atomic mass is 9.88. The summed E-state index contributed by atoms with van der Waals surface area (Å²) in [6.07, 6.45) is 8.47. The summed E-state index contributed by atoms with van der Waals surface area (Å²) in [6, 6.07) is 0.760. The number of nitrogens with one attached hydrogen (secondary N) is 1. The highest BCUT2D eigenvalue weighted by Crippen LogP contribution is 2.23. The minimum atomic E-state index is 0.760. The minimum Gasteiger partial charge on any atom is -0.313 e.